The molecule has 1 heterocycles. The van der Waals surface area contributed by atoms with Crippen molar-refractivity contribution in [2.24, 2.45) is 11.8 Å². The van der Waals surface area contributed by atoms with E-state index in [-0.39, 0.29) is 0 Å². The highest BCUT2D eigenvalue weighted by Gasteiger charge is 2.66. The molecule has 0 aromatic heterocycles. The molecule has 142 valence electrons. The first-order valence-corrected chi connectivity index (χ1v) is 9.94. The van der Waals surface area contributed by atoms with Crippen LogP contribution in [-0.2, 0) is 9.47 Å². The zero-order chi connectivity index (χ0) is 19.1. The second kappa shape index (κ2) is 6.92. The number of hydrogen-bond acceptors (Lipinski definition) is 4. The summed E-state index contributed by atoms with van der Waals surface area (Å²) in [7, 11) is 1.69. The molecule has 5 rings (SSSR count). The Kier molecular flexibility index (Phi) is 4.38. The molecule has 1 saturated heterocycles. The third kappa shape index (κ3) is 2.57. The third-order valence-electron chi connectivity index (χ3n) is 6.39. The van der Waals surface area contributed by atoms with E-state index in [0.29, 0.717) is 30.6 Å². The van der Waals surface area contributed by atoms with Gasteiger partial charge in [-0.1, -0.05) is 30.7 Å². The van der Waals surface area contributed by atoms with Crippen LogP contribution in [0.4, 0.5) is 0 Å². The van der Waals surface area contributed by atoms with E-state index in [0.717, 1.165) is 24.2 Å². The monoisotopic (exact) mass is 373 g/mol. The molecule has 1 spiro atoms. The number of methoxy groups -OCH3 is 1. The first-order chi connectivity index (χ1) is 13.8. The number of rotatable bonds is 3. The minimum absolute atomic E-state index is 0.420. The van der Waals surface area contributed by atoms with E-state index >= 15 is 0 Å². The van der Waals surface area contributed by atoms with Gasteiger partial charge in [0.05, 0.1) is 43.8 Å². The van der Waals surface area contributed by atoms with Gasteiger partial charge in [0.15, 0.2) is 5.79 Å². The largest absolute Gasteiger partial charge is 0.497 e. The summed E-state index contributed by atoms with van der Waals surface area (Å²) >= 11 is 0. The van der Waals surface area contributed by atoms with Gasteiger partial charge in [-0.25, -0.2) is 0 Å². The molecule has 2 aromatic carbocycles. The van der Waals surface area contributed by atoms with Crippen LogP contribution in [0.5, 0.6) is 5.75 Å². The lowest BCUT2D eigenvalue weighted by Crippen LogP contribution is -2.41. The maximum atomic E-state index is 9.16. The lowest BCUT2D eigenvalue weighted by molar-refractivity contribution is -0.118. The first-order valence-electron chi connectivity index (χ1n) is 9.94. The van der Waals surface area contributed by atoms with Crippen molar-refractivity contribution in [3.05, 3.63) is 77.1 Å². The molecule has 2 radical (unpaired) electrons. The Morgan fingerprint density at radius 2 is 1.43 bits per heavy atom. The molecule has 0 N–H and O–H groups in total. The molecule has 2 unspecified atom stereocenters. The van der Waals surface area contributed by atoms with E-state index in [1.54, 1.807) is 7.11 Å². The second-order valence-corrected chi connectivity index (χ2v) is 7.70. The second-order valence-electron chi connectivity index (χ2n) is 7.70. The minimum Gasteiger partial charge on any atom is -0.497 e. The van der Waals surface area contributed by atoms with Crippen LogP contribution in [0, 0.1) is 35.0 Å². The van der Waals surface area contributed by atoms with Gasteiger partial charge in [0.25, 0.3) is 0 Å². The van der Waals surface area contributed by atoms with Gasteiger partial charge in [-0.05, 0) is 60.1 Å². The average Bonchev–Trinajstić information content (AvgIpc) is 3.46. The summed E-state index contributed by atoms with van der Waals surface area (Å²) < 4.78 is 18.1. The van der Waals surface area contributed by atoms with E-state index in [9.17, 15) is 0 Å². The maximum absolute atomic E-state index is 9.16. The Hall–Kier alpha value is -2.35. The summed E-state index contributed by atoms with van der Waals surface area (Å²) in [6.07, 6.45) is 3.51. The van der Waals surface area contributed by atoms with E-state index in [1.165, 1.54) is 23.8 Å². The smallest absolute Gasteiger partial charge is 0.190 e. The molecule has 3 fully saturated rings. The number of fused-ring (bicyclic) bond motifs is 1. The molecule has 2 saturated carbocycles. The number of benzene rings is 2. The van der Waals surface area contributed by atoms with E-state index < -0.39 is 5.79 Å². The summed E-state index contributed by atoms with van der Waals surface area (Å²) in [5.41, 5.74) is 2.97. The number of nitriles is 1. The predicted octanol–water partition coefficient (Wildman–Crippen LogP) is 4.29. The van der Waals surface area contributed by atoms with E-state index in [4.69, 9.17) is 19.5 Å². The van der Waals surface area contributed by atoms with Crippen molar-refractivity contribution in [2.45, 2.75) is 25.0 Å². The van der Waals surface area contributed by atoms with Gasteiger partial charge < -0.3 is 14.2 Å². The fourth-order valence-corrected chi connectivity index (χ4v) is 5.31. The van der Waals surface area contributed by atoms with Gasteiger partial charge >= 0.3 is 0 Å². The molecule has 0 amide bonds. The molecule has 0 bridgehead atoms. The highest BCUT2D eigenvalue weighted by atomic mass is 16.7. The molecule has 4 nitrogen and oxygen atoms in total. The van der Waals surface area contributed by atoms with Crippen LogP contribution in [0.25, 0.3) is 0 Å². The van der Waals surface area contributed by atoms with Crippen molar-refractivity contribution < 1.29 is 14.2 Å². The Labute approximate surface area is 166 Å². The van der Waals surface area contributed by atoms with Gasteiger partial charge in [-0.3, -0.25) is 0 Å². The van der Waals surface area contributed by atoms with Crippen LogP contribution in [-0.4, -0.2) is 26.1 Å². The highest BCUT2D eigenvalue weighted by Crippen LogP contribution is 2.64. The number of hydrogen-bond donors (Lipinski definition) is 0. The van der Waals surface area contributed by atoms with Crippen molar-refractivity contribution in [2.75, 3.05) is 20.3 Å². The Morgan fingerprint density at radius 1 is 0.893 bits per heavy atom. The Bertz CT molecular complexity index is 878. The van der Waals surface area contributed by atoms with Gasteiger partial charge in [0.1, 0.15) is 5.75 Å². The summed E-state index contributed by atoms with van der Waals surface area (Å²) in [6.45, 7) is 1.19. The summed E-state index contributed by atoms with van der Waals surface area (Å²) in [6, 6.07) is 18.3. The van der Waals surface area contributed by atoms with Gasteiger partial charge in [-0.2, -0.15) is 5.26 Å². The topological polar surface area (TPSA) is 51.5 Å². The fraction of sp³-hybridized carbons (Fsp3) is 0.375. The quantitative estimate of drug-likeness (QED) is 0.806. The maximum Gasteiger partial charge on any atom is 0.190 e. The third-order valence-corrected chi connectivity index (χ3v) is 6.39. The Balaban J connectivity index is 1.61. The van der Waals surface area contributed by atoms with Crippen LogP contribution >= 0.6 is 0 Å². The summed E-state index contributed by atoms with van der Waals surface area (Å²) in [5.74, 6) is 3.42. The van der Waals surface area contributed by atoms with Crippen LogP contribution in [0.15, 0.2) is 48.5 Å². The van der Waals surface area contributed by atoms with Crippen LogP contribution in [0.3, 0.4) is 0 Å². The van der Waals surface area contributed by atoms with E-state index in [1.807, 2.05) is 36.4 Å². The molecule has 4 heteroatoms. The zero-order valence-electron chi connectivity index (χ0n) is 16.0. The zero-order valence-corrected chi connectivity index (χ0v) is 16.0. The molecule has 28 heavy (non-hydrogen) atoms. The minimum atomic E-state index is -0.779. The number of ether oxygens (including phenoxy) is 3. The molecule has 2 aliphatic carbocycles. The lowest BCUT2D eigenvalue weighted by atomic mass is 9.82. The van der Waals surface area contributed by atoms with Crippen molar-refractivity contribution >= 4 is 0 Å². The first kappa shape index (κ1) is 17.7. The van der Waals surface area contributed by atoms with Gasteiger partial charge in [0, 0.05) is 0 Å². The van der Waals surface area contributed by atoms with Gasteiger partial charge in [-0.15, -0.1) is 0 Å². The van der Waals surface area contributed by atoms with Crippen molar-refractivity contribution in [3.63, 3.8) is 0 Å². The lowest BCUT2D eigenvalue weighted by Gasteiger charge is -2.36. The van der Waals surface area contributed by atoms with Crippen LogP contribution in [0.2, 0.25) is 0 Å². The normalized spacial score (nSPS) is 26.4. The Morgan fingerprint density at radius 3 is 1.93 bits per heavy atom. The SMILES string of the molecule is COc1ccc([C]2C3CCCC3[C](c3ccc(C#N)cc3)C23OCCO3)cc1. The highest BCUT2D eigenvalue weighted by molar-refractivity contribution is 5.55. The molecular formula is C24H23NO3. The van der Waals surface area contributed by atoms with Gasteiger partial charge in [0.2, 0.25) is 0 Å². The van der Waals surface area contributed by atoms with E-state index in [2.05, 4.69) is 18.2 Å². The van der Waals surface area contributed by atoms with Crippen molar-refractivity contribution in [1.82, 2.24) is 0 Å². The summed E-state index contributed by atoms with van der Waals surface area (Å²) in [5, 5.41) is 9.16. The standard InChI is InChI=1S/C24H23NO3/c1-26-19-11-9-18(10-12-19)23-21-4-2-3-20(21)22(24(23)27-13-14-28-24)17-7-5-16(15-25)6-8-17/h5-12,20-21H,2-4,13-14H2,1H3. The summed E-state index contributed by atoms with van der Waals surface area (Å²) in [4.78, 5) is 0. The van der Waals surface area contributed by atoms with Crippen molar-refractivity contribution in [1.29, 1.82) is 5.26 Å². The number of nitrogens with zero attached hydrogens (tertiary/aromatic N) is 1. The molecular weight excluding hydrogens is 350 g/mol. The predicted molar refractivity (Wildman–Crippen MR) is 104 cm³/mol. The molecule has 1 aliphatic heterocycles. The van der Waals surface area contributed by atoms with Crippen LogP contribution < -0.4 is 4.74 Å². The molecule has 3 aliphatic rings. The average molecular weight is 373 g/mol. The van der Waals surface area contributed by atoms with Crippen molar-refractivity contribution in [3.8, 4) is 11.8 Å². The molecule has 2 atom stereocenters. The van der Waals surface area contributed by atoms with Crippen LogP contribution in [0.1, 0.15) is 36.0 Å². The molecule has 2 aromatic rings. The fourth-order valence-electron chi connectivity index (χ4n) is 5.31.